The van der Waals surface area contributed by atoms with Crippen LogP contribution in [0.3, 0.4) is 0 Å². The molecule has 3 N–H and O–H groups in total. The second-order valence-corrected chi connectivity index (χ2v) is 6.37. The number of carboxylic acids is 1. The van der Waals surface area contributed by atoms with Gasteiger partial charge < -0.3 is 25.2 Å². The number of benzene rings is 1. The largest absolute Gasteiger partial charge is 0.493 e. The summed E-state index contributed by atoms with van der Waals surface area (Å²) in [6.07, 6.45) is -3.83. The lowest BCUT2D eigenvalue weighted by atomic mass is 9.81. The summed E-state index contributed by atoms with van der Waals surface area (Å²) in [6, 6.07) is 4.44. The van der Waals surface area contributed by atoms with Gasteiger partial charge in [-0.2, -0.15) is 13.2 Å². The molecule has 2 aliphatic rings. The van der Waals surface area contributed by atoms with Gasteiger partial charge in [0.05, 0.1) is 13.2 Å². The maximum atomic E-state index is 13.2. The van der Waals surface area contributed by atoms with Crippen LogP contribution in [0.1, 0.15) is 12.8 Å². The minimum absolute atomic E-state index is 0.00449. The lowest BCUT2D eigenvalue weighted by Gasteiger charge is -2.37. The van der Waals surface area contributed by atoms with E-state index in [2.05, 4.69) is 10.6 Å². The van der Waals surface area contributed by atoms with E-state index in [0.717, 1.165) is 13.1 Å². The second-order valence-electron chi connectivity index (χ2n) is 6.37. The van der Waals surface area contributed by atoms with E-state index in [4.69, 9.17) is 19.4 Å². The average Bonchev–Trinajstić information content (AvgIpc) is 2.53. The number of methoxy groups -OCH3 is 1. The third-order valence-corrected chi connectivity index (χ3v) is 4.26. The molecule has 156 valence electrons. The van der Waals surface area contributed by atoms with Crippen molar-refractivity contribution in [3.05, 3.63) is 24.0 Å². The van der Waals surface area contributed by atoms with Crippen LogP contribution >= 0.6 is 0 Å². The van der Waals surface area contributed by atoms with Crippen LogP contribution in [0.15, 0.2) is 18.2 Å². The topological polar surface area (TPSA) is 96.9 Å². The maximum Gasteiger partial charge on any atom is 0.490 e. The monoisotopic (exact) mass is 408 g/mol. The summed E-state index contributed by atoms with van der Waals surface area (Å²) in [4.78, 5) is 20.8. The molecule has 0 atom stereocenters. The molecule has 1 saturated heterocycles. The van der Waals surface area contributed by atoms with Gasteiger partial charge in [0.2, 0.25) is 5.91 Å². The maximum absolute atomic E-state index is 13.2. The Labute approximate surface area is 158 Å². The minimum Gasteiger partial charge on any atom is -0.493 e. The SMILES string of the molecule is COc1ccc(F)cc1OC1CC(C(=O)NC2CNC2)C1.O=C(O)C(F)(F)F. The molecule has 28 heavy (non-hydrogen) atoms. The fourth-order valence-corrected chi connectivity index (χ4v) is 2.51. The first kappa shape index (κ1) is 21.7. The molecule has 1 aromatic carbocycles. The summed E-state index contributed by atoms with van der Waals surface area (Å²) in [5.74, 6) is -2.14. The average molecular weight is 408 g/mol. The van der Waals surface area contributed by atoms with Gasteiger partial charge in [0.1, 0.15) is 11.9 Å². The fraction of sp³-hybridized carbons (Fsp3) is 0.529. The number of aliphatic carboxylic acids is 1. The highest BCUT2D eigenvalue weighted by atomic mass is 19.4. The molecule has 0 radical (unpaired) electrons. The quantitative estimate of drug-likeness (QED) is 0.642. The number of hydrogen-bond donors (Lipinski definition) is 3. The van der Waals surface area contributed by atoms with E-state index < -0.39 is 12.1 Å². The van der Waals surface area contributed by atoms with Crippen LogP contribution in [0.25, 0.3) is 0 Å². The predicted octanol–water partition coefficient (Wildman–Crippen LogP) is 1.71. The highest BCUT2D eigenvalue weighted by molar-refractivity contribution is 5.80. The van der Waals surface area contributed by atoms with Crippen LogP contribution in [0.5, 0.6) is 11.5 Å². The number of ether oxygens (including phenoxy) is 2. The van der Waals surface area contributed by atoms with Gasteiger partial charge in [-0.15, -0.1) is 0 Å². The standard InChI is InChI=1S/C15H19FN2O3.C2HF3O2/c1-20-13-3-2-10(16)6-14(13)21-12-4-9(5-12)15(19)18-11-7-17-8-11;3-2(4,5)1(6)7/h2-3,6,9,11-12,17H,4-5,7-8H2,1H3,(H,18,19);(H,6,7). The molecule has 0 bridgehead atoms. The molecule has 0 unspecified atom stereocenters. The van der Waals surface area contributed by atoms with E-state index in [1.807, 2.05) is 0 Å². The van der Waals surface area contributed by atoms with Crippen molar-refractivity contribution in [2.45, 2.75) is 31.2 Å². The van der Waals surface area contributed by atoms with Crippen molar-refractivity contribution in [3.63, 3.8) is 0 Å². The van der Waals surface area contributed by atoms with Crippen LogP contribution in [0.4, 0.5) is 17.6 Å². The molecule has 11 heteroatoms. The molecule has 1 aromatic rings. The number of carboxylic acid groups (broad SMARTS) is 1. The van der Waals surface area contributed by atoms with Gasteiger partial charge in [-0.05, 0) is 25.0 Å². The first-order valence-electron chi connectivity index (χ1n) is 8.41. The molecular formula is C17H20F4N2O5. The Morgan fingerprint density at radius 2 is 1.82 bits per heavy atom. The first-order valence-corrected chi connectivity index (χ1v) is 8.41. The zero-order valence-corrected chi connectivity index (χ0v) is 14.9. The van der Waals surface area contributed by atoms with Crippen LogP contribution in [-0.2, 0) is 9.59 Å². The molecule has 3 rings (SSSR count). The number of carbonyl (C=O) groups excluding carboxylic acids is 1. The van der Waals surface area contributed by atoms with Gasteiger partial charge in [-0.1, -0.05) is 0 Å². The molecule has 1 aliphatic heterocycles. The first-order chi connectivity index (χ1) is 13.1. The smallest absolute Gasteiger partial charge is 0.490 e. The van der Waals surface area contributed by atoms with Gasteiger partial charge in [-0.3, -0.25) is 4.79 Å². The summed E-state index contributed by atoms with van der Waals surface area (Å²) in [7, 11) is 1.52. The van der Waals surface area contributed by atoms with E-state index in [1.54, 1.807) is 0 Å². The lowest BCUT2D eigenvalue weighted by Crippen LogP contribution is -2.59. The molecule has 1 heterocycles. The molecule has 1 amide bonds. The van der Waals surface area contributed by atoms with Crippen LogP contribution in [0.2, 0.25) is 0 Å². The van der Waals surface area contributed by atoms with Gasteiger partial charge >= 0.3 is 12.1 Å². The third-order valence-electron chi connectivity index (χ3n) is 4.26. The van der Waals surface area contributed by atoms with Gasteiger partial charge in [0.15, 0.2) is 11.5 Å². The molecule has 0 aromatic heterocycles. The van der Waals surface area contributed by atoms with Crippen molar-refractivity contribution >= 4 is 11.9 Å². The zero-order chi connectivity index (χ0) is 20.9. The van der Waals surface area contributed by atoms with Crippen molar-refractivity contribution in [3.8, 4) is 11.5 Å². The molecular weight excluding hydrogens is 388 g/mol. The summed E-state index contributed by atoms with van der Waals surface area (Å²) < 4.78 is 55.8. The lowest BCUT2D eigenvalue weighted by molar-refractivity contribution is -0.192. The fourth-order valence-electron chi connectivity index (χ4n) is 2.51. The van der Waals surface area contributed by atoms with Crippen molar-refractivity contribution in [2.75, 3.05) is 20.2 Å². The summed E-state index contributed by atoms with van der Waals surface area (Å²) >= 11 is 0. The van der Waals surface area contributed by atoms with E-state index in [9.17, 15) is 22.4 Å². The van der Waals surface area contributed by atoms with E-state index in [0.29, 0.717) is 24.3 Å². The van der Waals surface area contributed by atoms with E-state index >= 15 is 0 Å². The number of hydrogen-bond acceptors (Lipinski definition) is 5. The van der Waals surface area contributed by atoms with Gasteiger partial charge in [0.25, 0.3) is 0 Å². The van der Waals surface area contributed by atoms with Crippen molar-refractivity contribution < 1.29 is 41.7 Å². The van der Waals surface area contributed by atoms with Gasteiger partial charge in [-0.25, -0.2) is 9.18 Å². The number of rotatable bonds is 5. The number of amides is 1. The second kappa shape index (κ2) is 9.09. The minimum atomic E-state index is -5.08. The molecule has 1 aliphatic carbocycles. The number of nitrogens with one attached hydrogen (secondary N) is 2. The normalized spacial score (nSPS) is 21.3. The number of alkyl halides is 3. The Morgan fingerprint density at radius 1 is 1.21 bits per heavy atom. The highest BCUT2D eigenvalue weighted by Gasteiger charge is 2.38. The molecule has 1 saturated carbocycles. The Kier molecular flexibility index (Phi) is 7.05. The van der Waals surface area contributed by atoms with Crippen LogP contribution in [-0.4, -0.2) is 55.5 Å². The van der Waals surface area contributed by atoms with Gasteiger partial charge in [0, 0.05) is 25.1 Å². The third kappa shape index (κ3) is 5.98. The Balaban J connectivity index is 0.000000345. The molecule has 2 fully saturated rings. The Bertz CT molecular complexity index is 703. The number of carbonyl (C=O) groups is 2. The van der Waals surface area contributed by atoms with Crippen molar-refractivity contribution in [1.29, 1.82) is 0 Å². The summed E-state index contributed by atoms with van der Waals surface area (Å²) in [5.41, 5.74) is 0. The summed E-state index contributed by atoms with van der Waals surface area (Å²) in [6.45, 7) is 1.69. The van der Waals surface area contributed by atoms with E-state index in [1.165, 1.54) is 25.3 Å². The van der Waals surface area contributed by atoms with Crippen LogP contribution in [0, 0.1) is 11.7 Å². The summed E-state index contributed by atoms with van der Waals surface area (Å²) in [5, 5.41) is 13.2. The zero-order valence-electron chi connectivity index (χ0n) is 14.9. The van der Waals surface area contributed by atoms with Crippen molar-refractivity contribution in [1.82, 2.24) is 10.6 Å². The highest BCUT2D eigenvalue weighted by Crippen LogP contribution is 2.35. The van der Waals surface area contributed by atoms with Crippen LogP contribution < -0.4 is 20.1 Å². The van der Waals surface area contributed by atoms with E-state index in [-0.39, 0.29) is 29.8 Å². The Hall–Kier alpha value is -2.56. The molecule has 0 spiro atoms. The predicted molar refractivity (Wildman–Crippen MR) is 88.6 cm³/mol. The number of halogens is 4. The molecule has 7 nitrogen and oxygen atoms in total. The Morgan fingerprint density at radius 3 is 2.29 bits per heavy atom. The van der Waals surface area contributed by atoms with Crippen molar-refractivity contribution in [2.24, 2.45) is 5.92 Å².